The summed E-state index contributed by atoms with van der Waals surface area (Å²) in [5.41, 5.74) is 2.24. The minimum atomic E-state index is 0.782. The van der Waals surface area contributed by atoms with Gasteiger partial charge in [0.2, 0.25) is 0 Å². The monoisotopic (exact) mass is 238 g/mol. The largest absolute Gasteiger partial charge is 0.382 e. The van der Waals surface area contributed by atoms with Gasteiger partial charge in [-0.2, -0.15) is 0 Å². The third kappa shape index (κ3) is 2.92. The van der Waals surface area contributed by atoms with E-state index in [1.165, 1.54) is 10.8 Å². The Hall–Kier alpha value is -2.22. The molecule has 2 heteroatoms. The lowest BCUT2D eigenvalue weighted by atomic mass is 10.1. The predicted octanol–water partition coefficient (Wildman–Crippen LogP) is 4.04. The number of hydrogen-bond donors (Lipinski definition) is 2. The molecule has 0 saturated carbocycles. The normalized spacial score (nSPS) is 10.0. The van der Waals surface area contributed by atoms with Gasteiger partial charge in [0.1, 0.15) is 0 Å². The van der Waals surface area contributed by atoms with Gasteiger partial charge < -0.3 is 10.6 Å². The summed E-state index contributed by atoms with van der Waals surface area (Å²) >= 11 is 0. The molecule has 18 heavy (non-hydrogen) atoms. The summed E-state index contributed by atoms with van der Waals surface area (Å²) in [7, 11) is 0. The lowest BCUT2D eigenvalue weighted by molar-refractivity contribution is 1.34. The fourth-order valence-corrected chi connectivity index (χ4v) is 1.85. The van der Waals surface area contributed by atoms with Crippen LogP contribution in [0.15, 0.2) is 61.7 Å². The second-order valence-electron chi connectivity index (χ2n) is 4.12. The third-order valence-corrected chi connectivity index (χ3v) is 2.74. The first kappa shape index (κ1) is 12.2. The van der Waals surface area contributed by atoms with Crippen LogP contribution in [0.4, 0.5) is 11.4 Å². The lowest BCUT2D eigenvalue weighted by Crippen LogP contribution is -1.98. The summed E-state index contributed by atoms with van der Waals surface area (Å²) in [4.78, 5) is 0. The van der Waals surface area contributed by atoms with Crippen LogP contribution in [0.25, 0.3) is 10.8 Å². The smallest absolute Gasteiger partial charge is 0.0349 e. The van der Waals surface area contributed by atoms with Crippen molar-refractivity contribution in [1.29, 1.82) is 0 Å². The summed E-state index contributed by atoms with van der Waals surface area (Å²) in [6, 6.07) is 12.7. The Kier molecular flexibility index (Phi) is 4.02. The molecular formula is C16H18N2. The molecule has 2 rings (SSSR count). The summed E-state index contributed by atoms with van der Waals surface area (Å²) < 4.78 is 0. The second kappa shape index (κ2) is 5.92. The molecule has 0 unspecified atom stereocenters. The first-order valence-electron chi connectivity index (χ1n) is 6.07. The van der Waals surface area contributed by atoms with E-state index < -0.39 is 0 Å². The number of benzene rings is 2. The molecule has 0 fully saturated rings. The van der Waals surface area contributed by atoms with Gasteiger partial charge in [-0.05, 0) is 35.0 Å². The van der Waals surface area contributed by atoms with Crippen LogP contribution in [0.2, 0.25) is 0 Å². The molecule has 0 atom stereocenters. The molecule has 0 heterocycles. The van der Waals surface area contributed by atoms with Crippen molar-refractivity contribution in [2.75, 3.05) is 23.7 Å². The topological polar surface area (TPSA) is 24.1 Å². The van der Waals surface area contributed by atoms with Gasteiger partial charge in [0.15, 0.2) is 0 Å². The van der Waals surface area contributed by atoms with E-state index in [0.717, 1.165) is 24.5 Å². The number of fused-ring (bicyclic) bond motifs is 1. The maximum atomic E-state index is 3.70. The van der Waals surface area contributed by atoms with E-state index in [1.807, 2.05) is 12.2 Å². The van der Waals surface area contributed by atoms with Crippen LogP contribution < -0.4 is 10.6 Å². The van der Waals surface area contributed by atoms with E-state index in [4.69, 9.17) is 0 Å². The van der Waals surface area contributed by atoms with Crippen molar-refractivity contribution in [3.8, 4) is 0 Å². The molecule has 0 aromatic heterocycles. The number of hydrogen-bond acceptors (Lipinski definition) is 2. The molecule has 2 N–H and O–H groups in total. The van der Waals surface area contributed by atoms with E-state index >= 15 is 0 Å². The second-order valence-corrected chi connectivity index (χ2v) is 4.12. The Labute approximate surface area is 108 Å². The molecule has 0 radical (unpaired) electrons. The summed E-state index contributed by atoms with van der Waals surface area (Å²) in [5, 5.41) is 9.04. The van der Waals surface area contributed by atoms with E-state index in [-0.39, 0.29) is 0 Å². The van der Waals surface area contributed by atoms with Crippen molar-refractivity contribution in [1.82, 2.24) is 0 Å². The van der Waals surface area contributed by atoms with Crippen LogP contribution in [-0.4, -0.2) is 13.1 Å². The van der Waals surface area contributed by atoms with Gasteiger partial charge in [-0.25, -0.2) is 0 Å². The fourth-order valence-electron chi connectivity index (χ4n) is 1.85. The first-order chi connectivity index (χ1) is 8.83. The minimum absolute atomic E-state index is 0.782. The standard InChI is InChI=1S/C16H18N2/c1-3-9-17-15-7-5-14-12-16(18-10-4-2)8-6-13(14)11-15/h3-8,11-12,17-18H,1-2,9-10H2. The van der Waals surface area contributed by atoms with Gasteiger partial charge in [-0.1, -0.05) is 24.3 Å². The maximum Gasteiger partial charge on any atom is 0.0349 e. The van der Waals surface area contributed by atoms with E-state index in [1.54, 1.807) is 0 Å². The summed E-state index contributed by atoms with van der Waals surface area (Å²) in [6.45, 7) is 8.96. The highest BCUT2D eigenvalue weighted by Crippen LogP contribution is 2.22. The maximum absolute atomic E-state index is 3.70. The molecular weight excluding hydrogens is 220 g/mol. The zero-order valence-electron chi connectivity index (χ0n) is 10.4. The van der Waals surface area contributed by atoms with E-state index in [9.17, 15) is 0 Å². The number of rotatable bonds is 6. The Morgan fingerprint density at radius 3 is 1.61 bits per heavy atom. The predicted molar refractivity (Wildman–Crippen MR) is 81.3 cm³/mol. The Morgan fingerprint density at radius 1 is 0.778 bits per heavy atom. The van der Waals surface area contributed by atoms with Crippen molar-refractivity contribution >= 4 is 22.1 Å². The Bertz CT molecular complexity index is 507. The fraction of sp³-hybridized carbons (Fsp3) is 0.125. The Balaban J connectivity index is 2.24. The molecule has 0 amide bonds. The van der Waals surface area contributed by atoms with Gasteiger partial charge in [-0.15, -0.1) is 13.2 Å². The van der Waals surface area contributed by atoms with Crippen molar-refractivity contribution in [2.45, 2.75) is 0 Å². The minimum Gasteiger partial charge on any atom is -0.382 e. The van der Waals surface area contributed by atoms with Crippen LogP contribution in [0.3, 0.4) is 0 Å². The molecule has 2 aromatic rings. The average molecular weight is 238 g/mol. The number of nitrogens with one attached hydrogen (secondary N) is 2. The van der Waals surface area contributed by atoms with Gasteiger partial charge in [-0.3, -0.25) is 0 Å². The van der Waals surface area contributed by atoms with Crippen LogP contribution >= 0.6 is 0 Å². The van der Waals surface area contributed by atoms with Gasteiger partial charge in [0.05, 0.1) is 0 Å². The summed E-state index contributed by atoms with van der Waals surface area (Å²) in [6.07, 6.45) is 3.71. The van der Waals surface area contributed by atoms with Crippen molar-refractivity contribution in [2.24, 2.45) is 0 Å². The van der Waals surface area contributed by atoms with E-state index in [2.05, 4.69) is 60.2 Å². The van der Waals surface area contributed by atoms with Gasteiger partial charge in [0, 0.05) is 24.5 Å². The average Bonchev–Trinajstić information content (AvgIpc) is 2.42. The Morgan fingerprint density at radius 2 is 1.22 bits per heavy atom. The molecule has 2 aromatic carbocycles. The molecule has 92 valence electrons. The van der Waals surface area contributed by atoms with Gasteiger partial charge in [0.25, 0.3) is 0 Å². The first-order valence-corrected chi connectivity index (χ1v) is 6.07. The van der Waals surface area contributed by atoms with Crippen molar-refractivity contribution in [3.05, 3.63) is 61.7 Å². The van der Waals surface area contributed by atoms with Crippen LogP contribution in [0, 0.1) is 0 Å². The molecule has 0 aliphatic carbocycles. The lowest BCUT2D eigenvalue weighted by Gasteiger charge is -2.08. The highest BCUT2D eigenvalue weighted by Gasteiger charge is 1.97. The molecule has 2 nitrogen and oxygen atoms in total. The molecule has 0 aliphatic heterocycles. The zero-order chi connectivity index (χ0) is 12.8. The van der Waals surface area contributed by atoms with Crippen LogP contribution in [-0.2, 0) is 0 Å². The highest BCUT2D eigenvalue weighted by atomic mass is 14.9. The summed E-state index contributed by atoms with van der Waals surface area (Å²) in [5.74, 6) is 0. The third-order valence-electron chi connectivity index (χ3n) is 2.74. The van der Waals surface area contributed by atoms with Crippen molar-refractivity contribution < 1.29 is 0 Å². The molecule has 0 saturated heterocycles. The molecule has 0 bridgehead atoms. The number of anilines is 2. The quantitative estimate of drug-likeness (QED) is 0.742. The SMILES string of the molecule is C=CCNc1ccc2cc(NCC=C)ccc2c1. The van der Waals surface area contributed by atoms with Crippen molar-refractivity contribution in [3.63, 3.8) is 0 Å². The van der Waals surface area contributed by atoms with Crippen LogP contribution in [0.1, 0.15) is 0 Å². The molecule has 0 aliphatic rings. The van der Waals surface area contributed by atoms with Crippen LogP contribution in [0.5, 0.6) is 0 Å². The highest BCUT2D eigenvalue weighted by molar-refractivity contribution is 5.88. The van der Waals surface area contributed by atoms with E-state index in [0.29, 0.717) is 0 Å². The van der Waals surface area contributed by atoms with Gasteiger partial charge >= 0.3 is 0 Å². The molecule has 0 spiro atoms. The zero-order valence-corrected chi connectivity index (χ0v) is 10.4.